The minimum Gasteiger partial charge on any atom is -0.480 e. The fourth-order valence-corrected chi connectivity index (χ4v) is 3.49. The molecular weight excluding hydrogens is 374 g/mol. The lowest BCUT2D eigenvalue weighted by atomic mass is 10.0. The van der Waals surface area contributed by atoms with Crippen LogP contribution in [0.25, 0.3) is 21.9 Å². The highest BCUT2D eigenvalue weighted by Gasteiger charge is 2.21. The molecular formula is C26H21NO3. The molecule has 0 heterocycles. The van der Waals surface area contributed by atoms with Gasteiger partial charge in [-0.1, -0.05) is 84.9 Å². The van der Waals surface area contributed by atoms with Crippen LogP contribution in [0, 0.1) is 0 Å². The molecule has 4 aromatic carbocycles. The number of rotatable bonds is 6. The summed E-state index contributed by atoms with van der Waals surface area (Å²) in [7, 11) is 0. The monoisotopic (exact) mass is 395 g/mol. The quantitative estimate of drug-likeness (QED) is 0.486. The Morgan fingerprint density at radius 3 is 2.07 bits per heavy atom. The van der Waals surface area contributed by atoms with Gasteiger partial charge in [-0.05, 0) is 39.6 Å². The molecule has 0 radical (unpaired) electrons. The Hall–Kier alpha value is -3.92. The fourth-order valence-electron chi connectivity index (χ4n) is 3.49. The average molecular weight is 395 g/mol. The minimum atomic E-state index is -1.06. The minimum absolute atomic E-state index is 0.216. The summed E-state index contributed by atoms with van der Waals surface area (Å²) in [4.78, 5) is 24.4. The highest BCUT2D eigenvalue weighted by molar-refractivity contribution is 5.97. The SMILES string of the molecule is O=C(N[C@H](Cc1ccc2ccccc2c1)C(=O)O)c1ccc(-c2ccccc2)cc1. The van der Waals surface area contributed by atoms with Gasteiger partial charge in [0, 0.05) is 12.0 Å². The first-order chi connectivity index (χ1) is 14.6. The van der Waals surface area contributed by atoms with Crippen LogP contribution in [0.15, 0.2) is 97.1 Å². The van der Waals surface area contributed by atoms with Crippen molar-refractivity contribution in [1.82, 2.24) is 5.32 Å². The molecule has 0 fully saturated rings. The Bertz CT molecular complexity index is 1180. The number of carbonyl (C=O) groups excluding carboxylic acids is 1. The Balaban J connectivity index is 1.48. The van der Waals surface area contributed by atoms with Crippen LogP contribution in [0.4, 0.5) is 0 Å². The topological polar surface area (TPSA) is 66.4 Å². The summed E-state index contributed by atoms with van der Waals surface area (Å²) in [5.41, 5.74) is 3.35. The van der Waals surface area contributed by atoms with Crippen molar-refractivity contribution in [3.8, 4) is 11.1 Å². The summed E-state index contributed by atoms with van der Waals surface area (Å²) in [5, 5.41) is 14.4. The smallest absolute Gasteiger partial charge is 0.326 e. The van der Waals surface area contributed by atoms with E-state index in [1.807, 2.05) is 84.9 Å². The molecule has 0 aliphatic carbocycles. The van der Waals surface area contributed by atoms with Crippen molar-refractivity contribution < 1.29 is 14.7 Å². The first-order valence-corrected chi connectivity index (χ1v) is 9.77. The van der Waals surface area contributed by atoms with E-state index in [1.54, 1.807) is 12.1 Å². The second kappa shape index (κ2) is 8.62. The number of amides is 1. The Morgan fingerprint density at radius 2 is 1.37 bits per heavy atom. The number of carboxylic acids is 1. The molecule has 4 nitrogen and oxygen atoms in total. The fraction of sp³-hybridized carbons (Fsp3) is 0.0769. The van der Waals surface area contributed by atoms with Gasteiger partial charge < -0.3 is 10.4 Å². The predicted octanol–water partition coefficient (Wildman–Crippen LogP) is 4.93. The lowest BCUT2D eigenvalue weighted by molar-refractivity contribution is -0.139. The molecule has 0 aliphatic rings. The summed E-state index contributed by atoms with van der Waals surface area (Å²) in [6.07, 6.45) is 0.216. The highest BCUT2D eigenvalue weighted by Crippen LogP contribution is 2.20. The van der Waals surface area contributed by atoms with E-state index in [0.717, 1.165) is 27.5 Å². The summed E-state index contributed by atoms with van der Waals surface area (Å²) in [5.74, 6) is -1.46. The average Bonchev–Trinajstić information content (AvgIpc) is 2.79. The third-order valence-corrected chi connectivity index (χ3v) is 5.11. The lowest BCUT2D eigenvalue weighted by Crippen LogP contribution is -2.42. The van der Waals surface area contributed by atoms with Crippen LogP contribution in [-0.2, 0) is 11.2 Å². The second-order valence-corrected chi connectivity index (χ2v) is 7.19. The first-order valence-electron chi connectivity index (χ1n) is 9.77. The molecule has 2 N–H and O–H groups in total. The number of carbonyl (C=O) groups is 2. The maximum atomic E-state index is 12.6. The number of nitrogens with one attached hydrogen (secondary N) is 1. The normalized spacial score (nSPS) is 11.7. The summed E-state index contributed by atoms with van der Waals surface area (Å²) >= 11 is 0. The van der Waals surface area contributed by atoms with E-state index in [9.17, 15) is 14.7 Å². The Kier molecular flexibility index (Phi) is 5.57. The lowest BCUT2D eigenvalue weighted by Gasteiger charge is -2.15. The molecule has 30 heavy (non-hydrogen) atoms. The third-order valence-electron chi connectivity index (χ3n) is 5.11. The third kappa shape index (κ3) is 4.39. The van der Waals surface area contributed by atoms with Gasteiger partial charge in [-0.3, -0.25) is 4.79 Å². The van der Waals surface area contributed by atoms with Crippen LogP contribution in [-0.4, -0.2) is 23.0 Å². The van der Waals surface area contributed by atoms with E-state index >= 15 is 0 Å². The summed E-state index contributed by atoms with van der Waals surface area (Å²) < 4.78 is 0. The van der Waals surface area contributed by atoms with E-state index in [4.69, 9.17) is 0 Å². The Labute approximate surface area is 174 Å². The van der Waals surface area contributed by atoms with Crippen LogP contribution in [0.2, 0.25) is 0 Å². The van der Waals surface area contributed by atoms with Crippen molar-refractivity contribution in [3.63, 3.8) is 0 Å². The molecule has 0 unspecified atom stereocenters. The van der Waals surface area contributed by atoms with Gasteiger partial charge in [-0.25, -0.2) is 4.79 Å². The van der Waals surface area contributed by atoms with E-state index in [0.29, 0.717) is 5.56 Å². The molecule has 4 heteroatoms. The maximum Gasteiger partial charge on any atom is 0.326 e. The zero-order valence-electron chi connectivity index (χ0n) is 16.3. The van der Waals surface area contributed by atoms with Gasteiger partial charge in [0.1, 0.15) is 6.04 Å². The molecule has 0 saturated carbocycles. The van der Waals surface area contributed by atoms with Gasteiger partial charge in [-0.15, -0.1) is 0 Å². The van der Waals surface area contributed by atoms with Gasteiger partial charge in [-0.2, -0.15) is 0 Å². The molecule has 0 aliphatic heterocycles. The summed E-state index contributed by atoms with van der Waals surface area (Å²) in [6.45, 7) is 0. The van der Waals surface area contributed by atoms with Crippen molar-refractivity contribution in [3.05, 3.63) is 108 Å². The number of benzene rings is 4. The zero-order chi connectivity index (χ0) is 20.9. The molecule has 148 valence electrons. The molecule has 4 aromatic rings. The number of carboxylic acid groups (broad SMARTS) is 1. The molecule has 0 bridgehead atoms. The number of hydrogen-bond donors (Lipinski definition) is 2. The highest BCUT2D eigenvalue weighted by atomic mass is 16.4. The molecule has 0 aromatic heterocycles. The van der Waals surface area contributed by atoms with Crippen LogP contribution in [0.5, 0.6) is 0 Å². The maximum absolute atomic E-state index is 12.6. The van der Waals surface area contributed by atoms with Crippen molar-refractivity contribution in [2.75, 3.05) is 0 Å². The van der Waals surface area contributed by atoms with Gasteiger partial charge in [0.15, 0.2) is 0 Å². The van der Waals surface area contributed by atoms with Crippen molar-refractivity contribution in [1.29, 1.82) is 0 Å². The van der Waals surface area contributed by atoms with Gasteiger partial charge in [0.2, 0.25) is 0 Å². The van der Waals surface area contributed by atoms with Crippen molar-refractivity contribution >= 4 is 22.6 Å². The first kappa shape index (κ1) is 19.4. The van der Waals surface area contributed by atoms with E-state index < -0.39 is 17.9 Å². The molecule has 1 atom stereocenters. The van der Waals surface area contributed by atoms with E-state index in [2.05, 4.69) is 5.32 Å². The van der Waals surface area contributed by atoms with E-state index in [1.165, 1.54) is 0 Å². The largest absolute Gasteiger partial charge is 0.480 e. The van der Waals surface area contributed by atoms with Crippen LogP contribution in [0.1, 0.15) is 15.9 Å². The van der Waals surface area contributed by atoms with E-state index in [-0.39, 0.29) is 6.42 Å². The van der Waals surface area contributed by atoms with Crippen LogP contribution >= 0.6 is 0 Å². The standard InChI is InChI=1S/C26H21NO3/c28-25(22-14-12-21(13-15-22)19-6-2-1-3-7-19)27-24(26(29)30)17-18-10-11-20-8-4-5-9-23(20)16-18/h1-16,24H,17H2,(H,27,28)(H,29,30)/t24-/m1/s1. The molecule has 0 saturated heterocycles. The molecule has 4 rings (SSSR count). The number of aliphatic carboxylic acids is 1. The van der Waals surface area contributed by atoms with Gasteiger partial charge in [0.05, 0.1) is 0 Å². The van der Waals surface area contributed by atoms with Crippen LogP contribution in [0.3, 0.4) is 0 Å². The van der Waals surface area contributed by atoms with Crippen LogP contribution < -0.4 is 5.32 Å². The second-order valence-electron chi connectivity index (χ2n) is 7.19. The predicted molar refractivity (Wildman–Crippen MR) is 118 cm³/mol. The molecule has 0 spiro atoms. The van der Waals surface area contributed by atoms with Gasteiger partial charge >= 0.3 is 5.97 Å². The Morgan fingerprint density at radius 1 is 0.733 bits per heavy atom. The van der Waals surface area contributed by atoms with Gasteiger partial charge in [0.25, 0.3) is 5.91 Å². The van der Waals surface area contributed by atoms with Crippen molar-refractivity contribution in [2.45, 2.75) is 12.5 Å². The zero-order valence-corrected chi connectivity index (χ0v) is 16.3. The summed E-state index contributed by atoms with van der Waals surface area (Å²) in [6, 6.07) is 29.8. The number of hydrogen-bond acceptors (Lipinski definition) is 2. The number of fused-ring (bicyclic) bond motifs is 1. The van der Waals surface area contributed by atoms with Crippen molar-refractivity contribution in [2.24, 2.45) is 0 Å². The molecule has 1 amide bonds.